The van der Waals surface area contributed by atoms with Crippen LogP contribution in [0.1, 0.15) is 30.1 Å². The normalized spacial score (nSPS) is 21.6. The number of halogens is 1. The zero-order valence-electron chi connectivity index (χ0n) is 14.5. The van der Waals surface area contributed by atoms with Crippen molar-refractivity contribution < 1.29 is 19.1 Å². The fourth-order valence-electron chi connectivity index (χ4n) is 3.43. The molecule has 1 fully saturated rings. The number of ether oxygens (including phenoxy) is 1. The number of thioether (sulfide) groups is 1. The van der Waals surface area contributed by atoms with Crippen LogP contribution in [0.4, 0.5) is 5.69 Å². The summed E-state index contributed by atoms with van der Waals surface area (Å²) in [4.78, 5) is 39.3. The van der Waals surface area contributed by atoms with E-state index in [1.165, 1.54) is 16.7 Å². The van der Waals surface area contributed by atoms with Crippen LogP contribution >= 0.6 is 23.4 Å². The number of carbonyl (C=O) groups is 3. The average molecular weight is 402 g/mol. The Labute approximate surface area is 165 Å². The maximum absolute atomic E-state index is 13.1. The molecule has 2 aliphatic rings. The molecule has 1 amide bonds. The van der Waals surface area contributed by atoms with Crippen LogP contribution in [0.2, 0.25) is 5.02 Å². The highest BCUT2D eigenvalue weighted by Crippen LogP contribution is 2.56. The summed E-state index contributed by atoms with van der Waals surface area (Å²) in [6.07, 6.45) is -0.336. The van der Waals surface area contributed by atoms with Gasteiger partial charge in [0.2, 0.25) is 11.7 Å². The van der Waals surface area contributed by atoms with Crippen LogP contribution in [0.3, 0.4) is 0 Å². The minimum Gasteiger partial charge on any atom is -0.452 e. The molecule has 0 N–H and O–H groups in total. The predicted octanol–water partition coefficient (Wildman–Crippen LogP) is 4.08. The first-order chi connectivity index (χ1) is 12.9. The van der Waals surface area contributed by atoms with Crippen LogP contribution < -0.4 is 4.90 Å². The van der Waals surface area contributed by atoms with Crippen molar-refractivity contribution >= 4 is 46.7 Å². The van der Waals surface area contributed by atoms with E-state index >= 15 is 0 Å². The molecule has 0 spiro atoms. The van der Waals surface area contributed by atoms with Gasteiger partial charge in [-0.25, -0.2) is 4.79 Å². The fourth-order valence-corrected chi connectivity index (χ4v) is 4.95. The number of nitrogens with zero attached hydrogens (tertiary/aromatic N) is 1. The molecular formula is C20H16ClNO4S. The monoisotopic (exact) mass is 401 g/mol. The lowest BCUT2D eigenvalue weighted by Gasteiger charge is -2.29. The molecule has 2 heterocycles. The van der Waals surface area contributed by atoms with Gasteiger partial charge >= 0.3 is 5.97 Å². The smallest absolute Gasteiger partial charge is 0.344 e. The van der Waals surface area contributed by atoms with E-state index in [0.717, 1.165) is 10.6 Å². The van der Waals surface area contributed by atoms with Crippen molar-refractivity contribution in [2.24, 2.45) is 0 Å². The second-order valence-corrected chi connectivity index (χ2v) is 8.26. The Morgan fingerprint density at radius 1 is 1.19 bits per heavy atom. The number of anilines is 1. The summed E-state index contributed by atoms with van der Waals surface area (Å²) in [5, 5.41) is 0.523. The van der Waals surface area contributed by atoms with Gasteiger partial charge in [-0.1, -0.05) is 35.5 Å². The van der Waals surface area contributed by atoms with Crippen LogP contribution in [0, 0.1) is 0 Å². The van der Waals surface area contributed by atoms with Gasteiger partial charge in [0, 0.05) is 28.3 Å². The van der Waals surface area contributed by atoms with E-state index in [-0.39, 0.29) is 18.1 Å². The number of Topliss-reactive ketones (excluding diaryl/α,β-unsaturated/α-hetero) is 1. The van der Waals surface area contributed by atoms with Gasteiger partial charge in [0.25, 0.3) is 0 Å². The summed E-state index contributed by atoms with van der Waals surface area (Å²) in [7, 11) is 0. The molecule has 2 atom stereocenters. The molecule has 5 nitrogen and oxygen atoms in total. The number of fused-ring (bicyclic) bond motifs is 3. The zero-order chi connectivity index (χ0) is 19.2. The summed E-state index contributed by atoms with van der Waals surface area (Å²) in [6.45, 7) is 1.54. The van der Waals surface area contributed by atoms with Crippen LogP contribution in [-0.2, 0) is 14.3 Å². The van der Waals surface area contributed by atoms with Crippen molar-refractivity contribution in [1.82, 2.24) is 0 Å². The first kappa shape index (κ1) is 18.1. The Bertz CT molecular complexity index is 945. The molecule has 0 aromatic heterocycles. The number of para-hydroxylation sites is 1. The number of benzene rings is 2. The van der Waals surface area contributed by atoms with Crippen molar-refractivity contribution in [3.63, 3.8) is 0 Å². The number of rotatable bonds is 4. The van der Waals surface area contributed by atoms with Gasteiger partial charge in [0.15, 0.2) is 11.0 Å². The quantitative estimate of drug-likeness (QED) is 0.570. The first-order valence-electron chi connectivity index (χ1n) is 8.54. The molecule has 27 heavy (non-hydrogen) atoms. The molecule has 0 saturated carbocycles. The second-order valence-electron chi connectivity index (χ2n) is 6.50. The van der Waals surface area contributed by atoms with Crippen LogP contribution in [0.15, 0.2) is 53.4 Å². The third-order valence-electron chi connectivity index (χ3n) is 4.77. The number of ketones is 1. The van der Waals surface area contributed by atoms with Crippen LogP contribution in [-0.4, -0.2) is 28.6 Å². The van der Waals surface area contributed by atoms with Gasteiger partial charge in [-0.3, -0.25) is 14.5 Å². The van der Waals surface area contributed by atoms with E-state index in [2.05, 4.69) is 0 Å². The van der Waals surface area contributed by atoms with Gasteiger partial charge in [-0.2, -0.15) is 0 Å². The Balaban J connectivity index is 1.57. The van der Waals surface area contributed by atoms with Gasteiger partial charge in [0.1, 0.15) is 0 Å². The molecule has 4 rings (SSSR count). The number of hydrogen-bond donors (Lipinski definition) is 0. The molecule has 2 aromatic rings. The maximum atomic E-state index is 13.1. The summed E-state index contributed by atoms with van der Waals surface area (Å²) < 4.78 is 5.53. The summed E-state index contributed by atoms with van der Waals surface area (Å²) in [5.41, 5.74) is 1.14. The lowest BCUT2D eigenvalue weighted by atomic mass is 10.1. The van der Waals surface area contributed by atoms with Crippen molar-refractivity contribution in [1.29, 1.82) is 0 Å². The third-order valence-corrected chi connectivity index (χ3v) is 6.48. The lowest BCUT2D eigenvalue weighted by molar-refractivity contribution is -0.149. The maximum Gasteiger partial charge on any atom is 0.344 e. The molecule has 138 valence electrons. The molecule has 7 heteroatoms. The Morgan fingerprint density at radius 2 is 1.89 bits per heavy atom. The molecule has 0 unspecified atom stereocenters. The van der Waals surface area contributed by atoms with E-state index in [1.54, 1.807) is 31.2 Å². The largest absolute Gasteiger partial charge is 0.452 e. The molecule has 0 bridgehead atoms. The molecule has 1 saturated heterocycles. The molecule has 2 aliphatic heterocycles. The van der Waals surface area contributed by atoms with Gasteiger partial charge in [-0.15, -0.1) is 0 Å². The van der Waals surface area contributed by atoms with E-state index < -0.39 is 16.9 Å². The molecule has 2 aromatic carbocycles. The third kappa shape index (κ3) is 2.93. The fraction of sp³-hybridized carbons (Fsp3) is 0.250. The number of hydrogen-bond acceptors (Lipinski definition) is 5. The minimum absolute atomic E-state index is 0.110. The lowest BCUT2D eigenvalue weighted by Crippen LogP contribution is -2.49. The van der Waals surface area contributed by atoms with Gasteiger partial charge in [0.05, 0.1) is 5.69 Å². The Hall–Kier alpha value is -2.31. The zero-order valence-corrected chi connectivity index (χ0v) is 16.0. The number of esters is 1. The SMILES string of the molecule is C[C@H](OC(=O)[C@@]12CCC(=O)N1c1ccccc1S2)C(=O)c1ccc(Cl)cc1. The highest BCUT2D eigenvalue weighted by Gasteiger charge is 2.58. The first-order valence-corrected chi connectivity index (χ1v) is 9.74. The molecule has 0 radical (unpaired) electrons. The highest BCUT2D eigenvalue weighted by atomic mass is 35.5. The Kier molecular flexibility index (Phi) is 4.48. The highest BCUT2D eigenvalue weighted by molar-refractivity contribution is 8.02. The molecule has 0 aliphatic carbocycles. The number of amides is 1. The Morgan fingerprint density at radius 3 is 2.63 bits per heavy atom. The minimum atomic E-state index is -1.13. The van der Waals surface area contributed by atoms with Crippen molar-refractivity contribution in [3.05, 3.63) is 59.1 Å². The molecular weight excluding hydrogens is 386 g/mol. The van der Waals surface area contributed by atoms with Crippen LogP contribution in [0.25, 0.3) is 0 Å². The summed E-state index contributed by atoms with van der Waals surface area (Å²) in [5.74, 6) is -0.988. The van der Waals surface area contributed by atoms with Crippen molar-refractivity contribution in [2.75, 3.05) is 4.90 Å². The number of carbonyl (C=O) groups excluding carboxylic acids is 3. The van der Waals surface area contributed by atoms with E-state index in [0.29, 0.717) is 17.0 Å². The van der Waals surface area contributed by atoms with Crippen molar-refractivity contribution in [3.8, 4) is 0 Å². The van der Waals surface area contributed by atoms with E-state index in [1.807, 2.05) is 24.3 Å². The van der Waals surface area contributed by atoms with Crippen LogP contribution in [0.5, 0.6) is 0 Å². The summed E-state index contributed by atoms with van der Waals surface area (Å²) in [6, 6.07) is 13.8. The topological polar surface area (TPSA) is 63.7 Å². The van der Waals surface area contributed by atoms with Crippen molar-refractivity contribution in [2.45, 2.75) is 35.6 Å². The van der Waals surface area contributed by atoms with E-state index in [9.17, 15) is 14.4 Å². The second kappa shape index (κ2) is 6.69. The van der Waals surface area contributed by atoms with Gasteiger partial charge in [-0.05, 0) is 43.3 Å². The predicted molar refractivity (Wildman–Crippen MR) is 103 cm³/mol. The summed E-state index contributed by atoms with van der Waals surface area (Å²) >= 11 is 7.17. The standard InChI is InChI=1S/C20H16ClNO4S/c1-12(18(24)13-6-8-14(21)9-7-13)26-19(25)20-11-10-17(23)22(20)15-4-2-3-5-16(15)27-20/h2-9,12H,10-11H2,1H3/t12-,20-/m0/s1. The van der Waals surface area contributed by atoms with E-state index in [4.69, 9.17) is 16.3 Å². The van der Waals surface area contributed by atoms with Gasteiger partial charge < -0.3 is 4.74 Å². The average Bonchev–Trinajstić information content (AvgIpc) is 3.17.